The van der Waals surface area contributed by atoms with Gasteiger partial charge in [0.1, 0.15) is 0 Å². The van der Waals surface area contributed by atoms with Crippen molar-refractivity contribution in [3.63, 3.8) is 0 Å². The summed E-state index contributed by atoms with van der Waals surface area (Å²) in [7, 11) is 4.22. The number of hydrogen-bond donors (Lipinski definition) is 0. The van der Waals surface area contributed by atoms with Gasteiger partial charge in [-0.25, -0.2) is 0 Å². The highest BCUT2D eigenvalue weighted by Gasteiger charge is 2.10. The summed E-state index contributed by atoms with van der Waals surface area (Å²) in [6.45, 7) is 7.11. The normalized spacial score (nSPS) is 12.7. The van der Waals surface area contributed by atoms with E-state index >= 15 is 0 Å². The van der Waals surface area contributed by atoms with Crippen LogP contribution in [-0.2, 0) is 9.47 Å². The molecule has 3 heteroatoms. The van der Waals surface area contributed by atoms with Gasteiger partial charge in [0.2, 0.25) is 0 Å². The van der Waals surface area contributed by atoms with Gasteiger partial charge < -0.3 is 14.4 Å². The summed E-state index contributed by atoms with van der Waals surface area (Å²) in [5.41, 5.74) is 0. The standard InChI is InChI=1S/C40H81NO2/c1-5-7-9-11-13-15-17-19-21-23-25-27-29-31-33-35-37-42-40(39-41(3)4)43-38-36-34-32-30-28-26-24-22-20-18-16-14-12-10-8-6-2/h13,15,40H,5-12,14,16-39H2,1-4H3. The van der Waals surface area contributed by atoms with Crippen molar-refractivity contribution < 1.29 is 9.47 Å². The molecule has 0 fully saturated rings. The van der Waals surface area contributed by atoms with Gasteiger partial charge in [-0.05, 0) is 52.6 Å². The maximum Gasteiger partial charge on any atom is 0.170 e. The van der Waals surface area contributed by atoms with Crippen LogP contribution >= 0.6 is 0 Å². The molecule has 0 N–H and O–H groups in total. The van der Waals surface area contributed by atoms with Crippen LogP contribution < -0.4 is 0 Å². The first-order valence-electron chi connectivity index (χ1n) is 19.7. The summed E-state index contributed by atoms with van der Waals surface area (Å²) >= 11 is 0. The maximum atomic E-state index is 6.13. The predicted octanol–water partition coefficient (Wildman–Crippen LogP) is 13.2. The molecule has 1 atom stereocenters. The van der Waals surface area contributed by atoms with E-state index in [0.717, 1.165) is 26.2 Å². The lowest BCUT2D eigenvalue weighted by molar-refractivity contribution is -0.150. The minimum absolute atomic E-state index is 0.0717. The van der Waals surface area contributed by atoms with E-state index in [1.54, 1.807) is 0 Å². The summed E-state index contributed by atoms with van der Waals surface area (Å²) in [4.78, 5) is 2.18. The molecule has 0 amide bonds. The molecule has 0 bridgehead atoms. The molecule has 258 valence electrons. The molecule has 0 saturated heterocycles. The van der Waals surface area contributed by atoms with E-state index in [2.05, 4.69) is 45.0 Å². The topological polar surface area (TPSA) is 21.7 Å². The maximum absolute atomic E-state index is 6.13. The molecule has 43 heavy (non-hydrogen) atoms. The Kier molecular flexibility index (Phi) is 37.5. The minimum atomic E-state index is -0.0717. The fraction of sp³-hybridized carbons (Fsp3) is 0.950. The second kappa shape index (κ2) is 37.8. The molecule has 1 unspecified atom stereocenters. The van der Waals surface area contributed by atoms with E-state index in [1.165, 1.54) is 186 Å². The SMILES string of the molecule is CCCCCC=CCCCCCCCCCCCOC(CN(C)C)OCCCCCCCCCCCCCCCCCC. The number of allylic oxidation sites excluding steroid dienone is 2. The van der Waals surface area contributed by atoms with Crippen LogP contribution in [0.3, 0.4) is 0 Å². The fourth-order valence-electron chi connectivity index (χ4n) is 5.88. The van der Waals surface area contributed by atoms with Crippen molar-refractivity contribution in [1.82, 2.24) is 4.90 Å². The van der Waals surface area contributed by atoms with Crippen LogP contribution in [-0.4, -0.2) is 45.0 Å². The first-order chi connectivity index (χ1) is 21.2. The number of rotatable bonds is 37. The van der Waals surface area contributed by atoms with Crippen LogP contribution in [0.15, 0.2) is 12.2 Å². The summed E-state index contributed by atoms with van der Waals surface area (Å²) in [6, 6.07) is 0. The van der Waals surface area contributed by atoms with Crippen LogP contribution in [0.4, 0.5) is 0 Å². The molecular weight excluding hydrogens is 526 g/mol. The van der Waals surface area contributed by atoms with Crippen molar-refractivity contribution in [2.45, 2.75) is 213 Å². The number of nitrogens with zero attached hydrogens (tertiary/aromatic N) is 1. The summed E-state index contributed by atoms with van der Waals surface area (Å²) in [5.74, 6) is 0. The zero-order valence-corrected chi connectivity index (χ0v) is 30.3. The molecule has 0 aromatic heterocycles. The monoisotopic (exact) mass is 608 g/mol. The molecule has 0 spiro atoms. The van der Waals surface area contributed by atoms with E-state index in [9.17, 15) is 0 Å². The van der Waals surface area contributed by atoms with Gasteiger partial charge in [-0.1, -0.05) is 180 Å². The lowest BCUT2D eigenvalue weighted by Gasteiger charge is -2.22. The molecule has 3 nitrogen and oxygen atoms in total. The predicted molar refractivity (Wildman–Crippen MR) is 193 cm³/mol. The van der Waals surface area contributed by atoms with Gasteiger partial charge in [-0.3, -0.25) is 0 Å². The third kappa shape index (κ3) is 37.7. The van der Waals surface area contributed by atoms with Gasteiger partial charge in [0.25, 0.3) is 0 Å². The van der Waals surface area contributed by atoms with Gasteiger partial charge in [0, 0.05) is 19.8 Å². The Labute approximate surface area is 272 Å². The largest absolute Gasteiger partial charge is 0.351 e. The molecule has 0 aromatic rings. The van der Waals surface area contributed by atoms with Gasteiger partial charge in [0.15, 0.2) is 6.29 Å². The zero-order valence-electron chi connectivity index (χ0n) is 30.3. The number of hydrogen-bond acceptors (Lipinski definition) is 3. The molecule has 0 aliphatic carbocycles. The highest BCUT2D eigenvalue weighted by atomic mass is 16.7. The highest BCUT2D eigenvalue weighted by molar-refractivity contribution is 4.81. The van der Waals surface area contributed by atoms with Crippen LogP contribution in [0.25, 0.3) is 0 Å². The third-order valence-corrected chi connectivity index (χ3v) is 8.78. The zero-order chi connectivity index (χ0) is 31.3. The highest BCUT2D eigenvalue weighted by Crippen LogP contribution is 2.15. The van der Waals surface area contributed by atoms with E-state index in [1.807, 2.05) is 0 Å². The van der Waals surface area contributed by atoms with Crippen LogP contribution in [0.1, 0.15) is 206 Å². The molecule has 0 aliphatic heterocycles. The van der Waals surface area contributed by atoms with E-state index in [4.69, 9.17) is 9.47 Å². The molecule has 0 heterocycles. The van der Waals surface area contributed by atoms with Crippen molar-refractivity contribution in [2.75, 3.05) is 33.9 Å². The van der Waals surface area contributed by atoms with E-state index in [0.29, 0.717) is 0 Å². The van der Waals surface area contributed by atoms with Crippen LogP contribution in [0, 0.1) is 0 Å². The summed E-state index contributed by atoms with van der Waals surface area (Å²) < 4.78 is 12.3. The molecule has 0 aliphatic rings. The van der Waals surface area contributed by atoms with E-state index in [-0.39, 0.29) is 6.29 Å². The second-order valence-corrected chi connectivity index (χ2v) is 13.7. The molecule has 0 rings (SSSR count). The first-order valence-corrected chi connectivity index (χ1v) is 19.7. The first kappa shape index (κ1) is 42.6. The van der Waals surface area contributed by atoms with Crippen molar-refractivity contribution >= 4 is 0 Å². The van der Waals surface area contributed by atoms with Gasteiger partial charge >= 0.3 is 0 Å². The Bertz CT molecular complexity index is 521. The average Bonchev–Trinajstić information content (AvgIpc) is 2.99. The lowest BCUT2D eigenvalue weighted by Crippen LogP contribution is -2.31. The number of likely N-dealkylation sites (N-methyl/N-ethyl adjacent to an activating group) is 1. The molecule has 0 saturated carbocycles. The summed E-state index contributed by atoms with van der Waals surface area (Å²) in [5, 5.41) is 0. The molecule has 0 aromatic carbocycles. The second-order valence-electron chi connectivity index (χ2n) is 13.7. The van der Waals surface area contributed by atoms with Gasteiger partial charge in [-0.2, -0.15) is 0 Å². The summed E-state index contributed by atoms with van der Waals surface area (Å²) in [6.07, 6.45) is 46.1. The van der Waals surface area contributed by atoms with Crippen molar-refractivity contribution in [1.29, 1.82) is 0 Å². The Balaban J connectivity index is 3.47. The minimum Gasteiger partial charge on any atom is -0.351 e. The smallest absolute Gasteiger partial charge is 0.170 e. The fourth-order valence-corrected chi connectivity index (χ4v) is 5.88. The van der Waals surface area contributed by atoms with Crippen molar-refractivity contribution in [2.24, 2.45) is 0 Å². The van der Waals surface area contributed by atoms with Gasteiger partial charge in [0.05, 0.1) is 0 Å². The van der Waals surface area contributed by atoms with Crippen LogP contribution in [0.2, 0.25) is 0 Å². The number of ether oxygens (including phenoxy) is 2. The van der Waals surface area contributed by atoms with E-state index < -0.39 is 0 Å². The molecule has 0 radical (unpaired) electrons. The Hall–Kier alpha value is -0.380. The Morgan fingerprint density at radius 1 is 0.395 bits per heavy atom. The Morgan fingerprint density at radius 2 is 0.674 bits per heavy atom. The number of unbranched alkanes of at least 4 members (excludes halogenated alkanes) is 27. The Morgan fingerprint density at radius 3 is 1.02 bits per heavy atom. The lowest BCUT2D eigenvalue weighted by atomic mass is 10.0. The van der Waals surface area contributed by atoms with Gasteiger partial charge in [-0.15, -0.1) is 0 Å². The van der Waals surface area contributed by atoms with Crippen molar-refractivity contribution in [3.8, 4) is 0 Å². The average molecular weight is 608 g/mol. The van der Waals surface area contributed by atoms with Crippen LogP contribution in [0.5, 0.6) is 0 Å². The quantitative estimate of drug-likeness (QED) is 0.0398. The third-order valence-electron chi connectivity index (χ3n) is 8.78. The molecular formula is C40H81NO2. The van der Waals surface area contributed by atoms with Crippen molar-refractivity contribution in [3.05, 3.63) is 12.2 Å².